The van der Waals surface area contributed by atoms with Crippen molar-refractivity contribution in [1.29, 1.82) is 0 Å². The van der Waals surface area contributed by atoms with Crippen LogP contribution in [0.3, 0.4) is 0 Å². The topological polar surface area (TPSA) is 93.2 Å². The van der Waals surface area contributed by atoms with E-state index in [1.54, 1.807) is 4.90 Å². The van der Waals surface area contributed by atoms with E-state index in [-0.39, 0.29) is 28.8 Å². The summed E-state index contributed by atoms with van der Waals surface area (Å²) in [6.45, 7) is 6.86. The van der Waals surface area contributed by atoms with Crippen LogP contribution in [0.5, 0.6) is 0 Å². The number of fused-ring (bicyclic) bond motifs is 4. The van der Waals surface area contributed by atoms with E-state index in [2.05, 4.69) is 42.8 Å². The van der Waals surface area contributed by atoms with Crippen LogP contribution in [0.25, 0.3) is 21.3 Å². The number of aromatic nitrogens is 4. The lowest BCUT2D eigenvalue weighted by Crippen LogP contribution is -2.43. The third-order valence-electron chi connectivity index (χ3n) is 7.94. The number of carbonyl (C=O) groups excluding carboxylic acids is 1. The molecule has 0 unspecified atom stereocenters. The van der Waals surface area contributed by atoms with Crippen LogP contribution in [0.1, 0.15) is 47.0 Å². The lowest BCUT2D eigenvalue weighted by atomic mass is 10.1. The number of nitrogen functional groups attached to an aromatic ring is 1. The number of hydrogen-bond acceptors (Lipinski definition) is 7. The number of carbonyl (C=O) groups is 1. The molecule has 0 bridgehead atoms. The van der Waals surface area contributed by atoms with E-state index in [1.807, 2.05) is 0 Å². The summed E-state index contributed by atoms with van der Waals surface area (Å²) in [5.74, 6) is 4.93. The molecule has 0 radical (unpaired) electrons. The van der Waals surface area contributed by atoms with Crippen molar-refractivity contribution in [2.45, 2.75) is 44.3 Å². The van der Waals surface area contributed by atoms with Crippen molar-refractivity contribution in [3.8, 4) is 11.8 Å². The summed E-state index contributed by atoms with van der Waals surface area (Å²) in [6, 6.07) is 1.52. The molecule has 8 nitrogen and oxygen atoms in total. The molecule has 1 saturated heterocycles. The first-order valence-corrected chi connectivity index (χ1v) is 13.8. The number of likely N-dealkylation sites (tertiary alicyclic amines) is 1. The summed E-state index contributed by atoms with van der Waals surface area (Å²) in [7, 11) is 0. The Kier molecular flexibility index (Phi) is 5.64. The number of anilines is 1. The predicted octanol–water partition coefficient (Wildman–Crippen LogP) is 3.78. The highest BCUT2D eigenvalue weighted by atomic mass is 32.1. The van der Waals surface area contributed by atoms with Gasteiger partial charge in [-0.2, -0.15) is 0 Å². The third kappa shape index (κ3) is 3.97. The van der Waals surface area contributed by atoms with Gasteiger partial charge in [0.05, 0.1) is 31.9 Å². The van der Waals surface area contributed by atoms with Crippen molar-refractivity contribution in [1.82, 2.24) is 29.3 Å². The molecule has 1 aromatic carbocycles. The second kappa shape index (κ2) is 9.10. The second-order valence-electron chi connectivity index (χ2n) is 10.3. The van der Waals surface area contributed by atoms with Gasteiger partial charge in [0.25, 0.3) is 0 Å². The van der Waals surface area contributed by atoms with Crippen LogP contribution in [0.2, 0.25) is 0 Å². The summed E-state index contributed by atoms with van der Waals surface area (Å²) in [4.78, 5) is 29.3. The summed E-state index contributed by atoms with van der Waals surface area (Å²) in [5, 5.41) is 1.44. The minimum atomic E-state index is -0.734. The van der Waals surface area contributed by atoms with Gasteiger partial charge in [-0.3, -0.25) is 9.69 Å². The number of amides is 1. The van der Waals surface area contributed by atoms with Gasteiger partial charge in [0.15, 0.2) is 5.82 Å². The van der Waals surface area contributed by atoms with Crippen LogP contribution in [-0.4, -0.2) is 60.9 Å². The Morgan fingerprint density at radius 2 is 1.97 bits per heavy atom. The van der Waals surface area contributed by atoms with Gasteiger partial charge in [0.2, 0.25) is 5.91 Å². The Bertz CT molecular complexity index is 1750. The van der Waals surface area contributed by atoms with Crippen molar-refractivity contribution >= 4 is 44.3 Å². The number of hydrogen-bond donors (Lipinski definition) is 1. The molecule has 1 amide bonds. The minimum absolute atomic E-state index is 0.0661. The quantitative estimate of drug-likeness (QED) is 0.311. The second-order valence-corrected chi connectivity index (χ2v) is 11.4. The molecular weight excluding hydrogens is 520 g/mol. The van der Waals surface area contributed by atoms with Crippen molar-refractivity contribution in [2.75, 3.05) is 25.4 Å². The number of rotatable bonds is 3. The zero-order valence-electron chi connectivity index (χ0n) is 21.1. The number of nitrogens with two attached hydrogens (primary N) is 1. The van der Waals surface area contributed by atoms with Crippen LogP contribution < -0.4 is 5.73 Å². The van der Waals surface area contributed by atoms with Gasteiger partial charge in [0, 0.05) is 44.7 Å². The summed E-state index contributed by atoms with van der Waals surface area (Å²) >= 11 is 1.35. The molecule has 5 heterocycles. The summed E-state index contributed by atoms with van der Waals surface area (Å²) in [5.41, 5.74) is 8.24. The SMILES string of the molecule is C=CC(=O)N1CC[C@H](N2CCn3c(c(C#Cc4c(F)cc5sc(C6CC6)nc5c4F)c4c(N)ncnc43)C2)C1. The van der Waals surface area contributed by atoms with E-state index in [0.717, 1.165) is 36.5 Å². The Morgan fingerprint density at radius 1 is 1.15 bits per heavy atom. The molecule has 11 heteroatoms. The first kappa shape index (κ1) is 24.2. The van der Waals surface area contributed by atoms with E-state index in [9.17, 15) is 4.79 Å². The fraction of sp³-hybridized carbons (Fsp3) is 0.357. The van der Waals surface area contributed by atoms with Crippen molar-refractivity contribution < 1.29 is 13.6 Å². The van der Waals surface area contributed by atoms with Crippen LogP contribution in [0.15, 0.2) is 25.0 Å². The molecular formula is C28H25F2N7OS. The smallest absolute Gasteiger partial charge is 0.246 e. The lowest BCUT2D eigenvalue weighted by Gasteiger charge is -2.33. The largest absolute Gasteiger partial charge is 0.383 e. The number of halogens is 2. The van der Waals surface area contributed by atoms with Crippen LogP contribution >= 0.6 is 11.3 Å². The first-order valence-electron chi connectivity index (χ1n) is 13.0. The maximum atomic E-state index is 15.5. The average Bonchev–Trinajstić information content (AvgIpc) is 3.37. The molecule has 198 valence electrons. The Morgan fingerprint density at radius 3 is 2.77 bits per heavy atom. The molecule has 1 saturated carbocycles. The fourth-order valence-electron chi connectivity index (χ4n) is 5.72. The van der Waals surface area contributed by atoms with Crippen molar-refractivity contribution in [3.63, 3.8) is 0 Å². The molecule has 3 aliphatic rings. The molecule has 1 aliphatic carbocycles. The third-order valence-corrected chi connectivity index (χ3v) is 9.10. The molecule has 2 N–H and O–H groups in total. The fourth-order valence-corrected chi connectivity index (χ4v) is 6.88. The zero-order chi connectivity index (χ0) is 26.8. The number of benzene rings is 1. The van der Waals surface area contributed by atoms with E-state index in [0.29, 0.717) is 53.4 Å². The van der Waals surface area contributed by atoms with E-state index in [1.165, 1.54) is 29.8 Å². The molecule has 2 fully saturated rings. The zero-order valence-corrected chi connectivity index (χ0v) is 21.9. The van der Waals surface area contributed by atoms with Gasteiger partial charge in [-0.15, -0.1) is 11.3 Å². The molecule has 3 aromatic heterocycles. The normalized spacial score (nSPS) is 19.3. The Balaban J connectivity index is 1.29. The number of thiazole rings is 1. The van der Waals surface area contributed by atoms with Crippen molar-refractivity contribution in [3.05, 3.63) is 58.5 Å². The highest BCUT2D eigenvalue weighted by Crippen LogP contribution is 2.44. The van der Waals surface area contributed by atoms with Gasteiger partial charge in [-0.25, -0.2) is 23.7 Å². The molecule has 0 spiro atoms. The molecule has 1 atom stereocenters. The summed E-state index contributed by atoms with van der Waals surface area (Å²) in [6.07, 6.45) is 5.69. The first-order chi connectivity index (χ1) is 18.9. The maximum Gasteiger partial charge on any atom is 0.246 e. The number of nitrogens with zero attached hydrogens (tertiary/aromatic N) is 6. The van der Waals surface area contributed by atoms with Gasteiger partial charge in [-0.1, -0.05) is 18.4 Å². The van der Waals surface area contributed by atoms with Gasteiger partial charge in [0.1, 0.15) is 29.1 Å². The van der Waals surface area contributed by atoms with E-state index >= 15 is 8.78 Å². The predicted molar refractivity (Wildman–Crippen MR) is 145 cm³/mol. The van der Waals surface area contributed by atoms with E-state index in [4.69, 9.17) is 5.73 Å². The van der Waals surface area contributed by atoms with Crippen LogP contribution in [-0.2, 0) is 17.9 Å². The molecule has 39 heavy (non-hydrogen) atoms. The minimum Gasteiger partial charge on any atom is -0.383 e. The average molecular weight is 546 g/mol. The molecule has 2 aliphatic heterocycles. The van der Waals surface area contributed by atoms with Gasteiger partial charge >= 0.3 is 0 Å². The lowest BCUT2D eigenvalue weighted by molar-refractivity contribution is -0.125. The maximum absolute atomic E-state index is 15.5. The van der Waals surface area contributed by atoms with Crippen molar-refractivity contribution in [2.24, 2.45) is 0 Å². The highest BCUT2D eigenvalue weighted by molar-refractivity contribution is 7.18. The molecule has 7 rings (SSSR count). The van der Waals surface area contributed by atoms with E-state index < -0.39 is 11.6 Å². The monoisotopic (exact) mass is 545 g/mol. The summed E-state index contributed by atoms with van der Waals surface area (Å²) < 4.78 is 33.1. The molecule has 4 aromatic rings. The highest BCUT2D eigenvalue weighted by Gasteiger charge is 2.34. The van der Waals surface area contributed by atoms with Crippen LogP contribution in [0, 0.1) is 23.5 Å². The Labute approximate surface area is 227 Å². The van der Waals surface area contributed by atoms with Gasteiger partial charge < -0.3 is 15.2 Å². The van der Waals surface area contributed by atoms with Crippen LogP contribution in [0.4, 0.5) is 14.6 Å². The Hall–Kier alpha value is -3.88. The standard InChI is InChI=1S/C28H25F2N7OS/c1-2-22(38)36-8-7-16(12-36)35-9-10-37-20(13-35)18(23-26(31)32-14-33-27(23)37)6-5-17-19(29)11-21-25(24(17)30)34-28(39-21)15-3-4-15/h2,11,14-16H,1,3-4,7-10,12-13H2,(H2,31,32,33)/t16-/m0/s1. The van der Waals surface area contributed by atoms with Gasteiger partial charge in [-0.05, 0) is 31.4 Å².